The minimum absolute atomic E-state index is 0. The molecule has 0 N–H and O–H groups in total. The molecule has 0 unspecified atom stereocenters. The zero-order chi connectivity index (χ0) is 12.4. The number of ether oxygens (including phenoxy) is 1. The van der Waals surface area contributed by atoms with Gasteiger partial charge in [-0.1, -0.05) is 48.0 Å². The smallest absolute Gasteiger partial charge is 0.663 e. The van der Waals surface area contributed by atoms with Crippen molar-refractivity contribution in [1.82, 2.24) is 4.98 Å². The Morgan fingerprint density at radius 2 is 1.79 bits per heavy atom. The van der Waals surface area contributed by atoms with Crippen molar-refractivity contribution in [3.05, 3.63) is 65.9 Å². The molecule has 3 heteroatoms. The summed E-state index contributed by atoms with van der Waals surface area (Å²) in [6.45, 7) is 2.65. The van der Waals surface area contributed by atoms with Crippen LogP contribution in [-0.2, 0) is 6.61 Å². The van der Waals surface area contributed by atoms with Crippen LogP contribution in [0, 0.1) is 6.92 Å². The third-order valence-electron chi connectivity index (χ3n) is 3.06. The molecule has 90 valence electrons. The van der Waals surface area contributed by atoms with Gasteiger partial charge in [0.05, 0.1) is 0 Å². The summed E-state index contributed by atoms with van der Waals surface area (Å²) >= 11 is 0. The van der Waals surface area contributed by atoms with Gasteiger partial charge in [-0.25, -0.2) is 0 Å². The van der Waals surface area contributed by atoms with Crippen LogP contribution in [0.4, 0.5) is 0 Å². The summed E-state index contributed by atoms with van der Waals surface area (Å²) < 4.78 is 5.88. The van der Waals surface area contributed by atoms with Crippen molar-refractivity contribution in [1.29, 1.82) is 0 Å². The summed E-state index contributed by atoms with van der Waals surface area (Å²) in [7, 11) is 0. The Kier molecular flexibility index (Phi) is 4.37. The van der Waals surface area contributed by atoms with E-state index in [-0.39, 0.29) is 18.9 Å². The maximum absolute atomic E-state index is 5.88. The van der Waals surface area contributed by atoms with E-state index in [1.54, 1.807) is 0 Å². The second-order valence-corrected chi connectivity index (χ2v) is 4.36. The first-order valence-corrected chi connectivity index (χ1v) is 6.02. The van der Waals surface area contributed by atoms with Gasteiger partial charge < -0.3 is 9.72 Å². The first kappa shape index (κ1) is 13.8. The van der Waals surface area contributed by atoms with Gasteiger partial charge in [0.1, 0.15) is 12.4 Å². The maximum Gasteiger partial charge on any atom is 1.00 e. The van der Waals surface area contributed by atoms with Crippen LogP contribution in [0.3, 0.4) is 0 Å². The van der Waals surface area contributed by atoms with Crippen molar-refractivity contribution in [3.8, 4) is 5.75 Å². The van der Waals surface area contributed by atoms with Gasteiger partial charge in [0.2, 0.25) is 0 Å². The van der Waals surface area contributed by atoms with Crippen LogP contribution >= 0.6 is 0 Å². The molecule has 0 fully saturated rings. The molecule has 3 aromatic rings. The van der Waals surface area contributed by atoms with Gasteiger partial charge in [0.25, 0.3) is 0 Å². The first-order valence-electron chi connectivity index (χ1n) is 6.02. The van der Waals surface area contributed by atoms with E-state index in [2.05, 4.69) is 30.1 Å². The van der Waals surface area contributed by atoms with Crippen molar-refractivity contribution in [2.45, 2.75) is 13.5 Å². The Morgan fingerprint density at radius 1 is 1.00 bits per heavy atom. The van der Waals surface area contributed by atoms with Crippen LogP contribution in [0.15, 0.2) is 54.7 Å². The molecule has 0 aliphatic carbocycles. The number of benzene rings is 2. The monoisotopic (exact) mass is 243 g/mol. The molecule has 1 heterocycles. The zero-order valence-electron chi connectivity index (χ0n) is 11.3. The fourth-order valence-electron chi connectivity index (χ4n) is 2.08. The number of hydrogen-bond donors (Lipinski definition) is 0. The quantitative estimate of drug-likeness (QED) is 0.632. The third-order valence-corrected chi connectivity index (χ3v) is 3.06. The number of fused-ring (bicyclic) bond motifs is 1. The molecule has 0 aliphatic heterocycles. The van der Waals surface area contributed by atoms with Gasteiger partial charge in [0.15, 0.2) is 0 Å². The third kappa shape index (κ3) is 2.86. The van der Waals surface area contributed by atoms with E-state index in [1.807, 2.05) is 36.5 Å². The van der Waals surface area contributed by atoms with Gasteiger partial charge in [-0.05, 0) is 18.6 Å². The minimum Gasteiger partial charge on any atom is -0.663 e. The van der Waals surface area contributed by atoms with Crippen molar-refractivity contribution in [2.75, 3.05) is 0 Å². The summed E-state index contributed by atoms with van der Waals surface area (Å²) in [5.41, 5.74) is 3.38. The minimum atomic E-state index is 0. The molecular formula is C16H14LiNO. The molecule has 19 heavy (non-hydrogen) atoms. The summed E-state index contributed by atoms with van der Waals surface area (Å²) in [5, 5.41) is 1.09. The van der Waals surface area contributed by atoms with E-state index in [0.717, 1.165) is 16.7 Å². The molecule has 0 saturated heterocycles. The molecule has 0 spiro atoms. The summed E-state index contributed by atoms with van der Waals surface area (Å²) in [4.78, 5) is 4.35. The van der Waals surface area contributed by atoms with E-state index < -0.39 is 0 Å². The Hall–Kier alpha value is -1.62. The van der Waals surface area contributed by atoms with E-state index in [4.69, 9.17) is 4.74 Å². The summed E-state index contributed by atoms with van der Waals surface area (Å²) in [6, 6.07) is 16.2. The van der Waals surface area contributed by atoms with Gasteiger partial charge in [0, 0.05) is 5.39 Å². The molecule has 0 bridgehead atoms. The molecule has 1 aromatic heterocycles. The van der Waals surface area contributed by atoms with Crippen LogP contribution in [0.2, 0.25) is 0 Å². The standard InChI is InChI=1S/C16H14NO.Li/c1-12-7-8-15(14-9-10-17-16(12)14)18-11-13-5-3-2-4-6-13;/h2-10H,11H2,1H3;/q-1;+1. The normalized spacial score (nSPS) is 10.2. The predicted octanol–water partition coefficient (Wildman–Crippen LogP) is 0.688. The van der Waals surface area contributed by atoms with E-state index in [0.29, 0.717) is 6.61 Å². The first-order chi connectivity index (χ1) is 8.84. The van der Waals surface area contributed by atoms with Gasteiger partial charge >= 0.3 is 18.9 Å². The average molecular weight is 243 g/mol. The second kappa shape index (κ2) is 6.01. The fraction of sp³-hybridized carbons (Fsp3) is 0.125. The van der Waals surface area contributed by atoms with Crippen molar-refractivity contribution < 1.29 is 23.6 Å². The van der Waals surface area contributed by atoms with E-state index in [9.17, 15) is 0 Å². The van der Waals surface area contributed by atoms with Crippen molar-refractivity contribution >= 4 is 10.9 Å². The molecule has 3 rings (SSSR count). The Balaban J connectivity index is 0.00000133. The second-order valence-electron chi connectivity index (χ2n) is 4.36. The summed E-state index contributed by atoms with van der Waals surface area (Å²) in [6.07, 6.45) is 1.83. The van der Waals surface area contributed by atoms with Crippen LogP contribution in [0.1, 0.15) is 11.1 Å². The largest absolute Gasteiger partial charge is 1.00 e. The maximum atomic E-state index is 5.88. The topological polar surface area (TPSA) is 23.3 Å². The zero-order valence-corrected chi connectivity index (χ0v) is 11.3. The molecule has 2 aromatic carbocycles. The SMILES string of the molecule is Cc1ccc(OCc2ccccc2)c2cc[n-]c12.[Li+]. The van der Waals surface area contributed by atoms with E-state index >= 15 is 0 Å². The molecule has 0 aliphatic rings. The van der Waals surface area contributed by atoms with Crippen molar-refractivity contribution in [2.24, 2.45) is 0 Å². The molecule has 2 nitrogen and oxygen atoms in total. The summed E-state index contributed by atoms with van der Waals surface area (Å²) in [5.74, 6) is 0.900. The number of aromatic nitrogens is 1. The Morgan fingerprint density at radius 3 is 2.58 bits per heavy atom. The molecule has 0 radical (unpaired) electrons. The fourth-order valence-corrected chi connectivity index (χ4v) is 2.08. The Bertz CT molecular complexity index is 661. The number of rotatable bonds is 3. The Labute approximate surface area is 125 Å². The molecule has 0 atom stereocenters. The average Bonchev–Trinajstić information content (AvgIpc) is 2.90. The number of hydrogen-bond acceptors (Lipinski definition) is 1. The van der Waals surface area contributed by atoms with E-state index in [1.165, 1.54) is 11.1 Å². The van der Waals surface area contributed by atoms with Crippen LogP contribution < -0.4 is 28.6 Å². The van der Waals surface area contributed by atoms with Crippen LogP contribution in [0.25, 0.3) is 10.9 Å². The van der Waals surface area contributed by atoms with Gasteiger partial charge in [-0.2, -0.15) is 6.20 Å². The van der Waals surface area contributed by atoms with Gasteiger partial charge in [-0.3, -0.25) is 0 Å². The van der Waals surface area contributed by atoms with Crippen LogP contribution in [0.5, 0.6) is 5.75 Å². The van der Waals surface area contributed by atoms with Gasteiger partial charge in [-0.15, -0.1) is 5.52 Å². The number of aryl methyl sites for hydroxylation is 1. The number of nitrogens with zero attached hydrogens (tertiary/aromatic N) is 1. The molecular weight excluding hydrogens is 229 g/mol. The molecule has 0 saturated carbocycles. The van der Waals surface area contributed by atoms with Crippen molar-refractivity contribution in [3.63, 3.8) is 0 Å². The predicted molar refractivity (Wildman–Crippen MR) is 72.8 cm³/mol. The van der Waals surface area contributed by atoms with Crippen LogP contribution in [-0.4, -0.2) is 0 Å². The molecule has 0 amide bonds.